The molecule has 1 aliphatic rings. The number of aliphatic hydroxyl groups excluding tert-OH is 1. The summed E-state index contributed by atoms with van der Waals surface area (Å²) in [5, 5.41) is 12.0. The molecule has 34 heavy (non-hydrogen) atoms. The first kappa shape index (κ1) is 23.7. The highest BCUT2D eigenvalue weighted by Gasteiger charge is 2.47. The minimum atomic E-state index is -0.897. The first-order valence-electron chi connectivity index (χ1n) is 10.3. The van der Waals surface area contributed by atoms with Crippen molar-refractivity contribution in [2.75, 3.05) is 19.1 Å². The molecule has 1 atom stereocenters. The van der Waals surface area contributed by atoms with Gasteiger partial charge in [-0.05, 0) is 60.5 Å². The van der Waals surface area contributed by atoms with Crippen molar-refractivity contribution in [3.8, 4) is 11.5 Å². The summed E-state index contributed by atoms with van der Waals surface area (Å²) in [6, 6.07) is 15.8. The molecule has 0 spiro atoms. The molecule has 1 amide bonds. The van der Waals surface area contributed by atoms with Crippen LogP contribution in [0.5, 0.6) is 11.5 Å². The molecule has 1 aliphatic heterocycles. The van der Waals surface area contributed by atoms with Crippen molar-refractivity contribution in [2.45, 2.75) is 13.0 Å². The van der Waals surface area contributed by atoms with Gasteiger partial charge in [0.1, 0.15) is 17.3 Å². The molecule has 0 saturated carbocycles. The van der Waals surface area contributed by atoms with E-state index in [0.717, 1.165) is 5.56 Å². The molecular weight excluding hydrogens is 477 g/mol. The summed E-state index contributed by atoms with van der Waals surface area (Å²) in [7, 11) is 2.99. The van der Waals surface area contributed by atoms with Crippen molar-refractivity contribution < 1.29 is 24.2 Å². The lowest BCUT2D eigenvalue weighted by molar-refractivity contribution is -0.132. The summed E-state index contributed by atoms with van der Waals surface area (Å²) in [6.45, 7) is 1.84. The highest BCUT2D eigenvalue weighted by molar-refractivity contribution is 6.52. The Morgan fingerprint density at radius 2 is 1.62 bits per heavy atom. The highest BCUT2D eigenvalue weighted by atomic mass is 35.5. The SMILES string of the molecule is COc1ccc(C2/C(=C(\O)c3ccc(Cl)c(OC)c3)C(=O)C(=O)N2c2ccc(C)c(Cl)c2)cc1. The number of ether oxygens (including phenoxy) is 2. The molecule has 1 unspecified atom stereocenters. The Bertz CT molecular complexity index is 1320. The van der Waals surface area contributed by atoms with Crippen LogP contribution in [0.3, 0.4) is 0 Å². The average molecular weight is 498 g/mol. The van der Waals surface area contributed by atoms with E-state index in [1.807, 2.05) is 6.92 Å². The topological polar surface area (TPSA) is 76.1 Å². The first-order valence-corrected chi connectivity index (χ1v) is 11.1. The molecule has 1 fully saturated rings. The predicted octanol–water partition coefficient (Wildman–Crippen LogP) is 5.95. The molecule has 0 radical (unpaired) electrons. The maximum Gasteiger partial charge on any atom is 0.300 e. The summed E-state index contributed by atoms with van der Waals surface area (Å²) in [4.78, 5) is 27.9. The fourth-order valence-electron chi connectivity index (χ4n) is 3.89. The number of hydrogen-bond donors (Lipinski definition) is 1. The Morgan fingerprint density at radius 3 is 2.24 bits per heavy atom. The number of methoxy groups -OCH3 is 2. The lowest BCUT2D eigenvalue weighted by atomic mass is 9.95. The first-order chi connectivity index (χ1) is 16.3. The zero-order chi connectivity index (χ0) is 24.6. The van der Waals surface area contributed by atoms with Crippen LogP contribution < -0.4 is 14.4 Å². The number of carbonyl (C=O) groups is 2. The van der Waals surface area contributed by atoms with E-state index < -0.39 is 17.7 Å². The molecule has 0 aliphatic carbocycles. The normalized spacial score (nSPS) is 17.2. The van der Waals surface area contributed by atoms with Gasteiger partial charge in [-0.25, -0.2) is 0 Å². The van der Waals surface area contributed by atoms with Crippen LogP contribution in [0.25, 0.3) is 5.76 Å². The highest BCUT2D eigenvalue weighted by Crippen LogP contribution is 2.43. The largest absolute Gasteiger partial charge is 0.507 e. The van der Waals surface area contributed by atoms with Gasteiger partial charge in [0.25, 0.3) is 11.7 Å². The van der Waals surface area contributed by atoms with Gasteiger partial charge in [-0.1, -0.05) is 41.4 Å². The van der Waals surface area contributed by atoms with E-state index in [4.69, 9.17) is 32.7 Å². The number of Topliss-reactive ketones (excluding diaryl/α,β-unsaturated/α-hetero) is 1. The number of amides is 1. The van der Waals surface area contributed by atoms with Crippen LogP contribution in [0, 0.1) is 6.92 Å². The second-order valence-corrected chi connectivity index (χ2v) is 8.54. The van der Waals surface area contributed by atoms with Crippen LogP contribution in [0.2, 0.25) is 10.0 Å². The quantitative estimate of drug-likeness (QED) is 0.268. The third kappa shape index (κ3) is 4.11. The number of aryl methyl sites for hydroxylation is 1. The van der Waals surface area contributed by atoms with Crippen LogP contribution in [0.1, 0.15) is 22.7 Å². The van der Waals surface area contributed by atoms with Gasteiger partial charge in [0.2, 0.25) is 0 Å². The number of carbonyl (C=O) groups excluding carboxylic acids is 2. The number of ketones is 1. The second-order valence-electron chi connectivity index (χ2n) is 7.73. The molecule has 1 saturated heterocycles. The van der Waals surface area contributed by atoms with Crippen LogP contribution >= 0.6 is 23.2 Å². The summed E-state index contributed by atoms with van der Waals surface area (Å²) in [6.07, 6.45) is 0. The third-order valence-corrected chi connectivity index (χ3v) is 6.45. The van der Waals surface area contributed by atoms with Crippen LogP contribution in [-0.4, -0.2) is 31.0 Å². The van der Waals surface area contributed by atoms with E-state index in [1.54, 1.807) is 61.7 Å². The van der Waals surface area contributed by atoms with Crippen LogP contribution in [0.15, 0.2) is 66.2 Å². The molecule has 0 bridgehead atoms. The Balaban J connectivity index is 1.95. The standard InChI is InChI=1S/C26H21Cl2NO5/c1-14-4-8-17(13-20(14)28)29-23(15-5-9-18(33-2)10-6-15)22(25(31)26(29)32)24(30)16-7-11-19(27)21(12-16)34-3/h4-13,23,30H,1-3H3/b24-22+. The van der Waals surface area contributed by atoms with Gasteiger partial charge in [-0.3, -0.25) is 14.5 Å². The maximum atomic E-state index is 13.3. The average Bonchev–Trinajstić information content (AvgIpc) is 3.11. The third-order valence-electron chi connectivity index (χ3n) is 5.73. The Kier molecular flexibility index (Phi) is 6.55. The summed E-state index contributed by atoms with van der Waals surface area (Å²) >= 11 is 12.4. The fraction of sp³-hybridized carbons (Fsp3) is 0.154. The van der Waals surface area contributed by atoms with Gasteiger partial charge in [-0.15, -0.1) is 0 Å². The number of hydrogen-bond acceptors (Lipinski definition) is 5. The zero-order valence-electron chi connectivity index (χ0n) is 18.6. The van der Waals surface area contributed by atoms with E-state index in [-0.39, 0.29) is 11.3 Å². The van der Waals surface area contributed by atoms with Gasteiger partial charge in [0, 0.05) is 16.3 Å². The number of rotatable bonds is 5. The Labute approximate surface area is 206 Å². The van der Waals surface area contributed by atoms with Crippen molar-refractivity contribution in [3.05, 3.63) is 93.0 Å². The monoisotopic (exact) mass is 497 g/mol. The van der Waals surface area contributed by atoms with Crippen molar-refractivity contribution in [1.29, 1.82) is 0 Å². The predicted molar refractivity (Wildman–Crippen MR) is 132 cm³/mol. The second kappa shape index (κ2) is 9.41. The number of halogens is 2. The molecule has 3 aromatic rings. The van der Waals surface area contributed by atoms with Gasteiger partial charge in [0.05, 0.1) is 30.9 Å². The summed E-state index contributed by atoms with van der Waals surface area (Å²) in [5.41, 5.74) is 2.11. The molecule has 174 valence electrons. The van der Waals surface area contributed by atoms with Crippen LogP contribution in [-0.2, 0) is 9.59 Å². The van der Waals surface area contributed by atoms with Crippen molar-refractivity contribution in [1.82, 2.24) is 0 Å². The molecule has 3 aromatic carbocycles. The minimum Gasteiger partial charge on any atom is -0.507 e. The van der Waals surface area contributed by atoms with E-state index >= 15 is 0 Å². The minimum absolute atomic E-state index is 0.0590. The lowest BCUT2D eigenvalue weighted by Crippen LogP contribution is -2.29. The molecule has 8 heteroatoms. The van der Waals surface area contributed by atoms with Crippen molar-refractivity contribution >= 4 is 46.3 Å². The molecule has 1 heterocycles. The number of nitrogens with zero attached hydrogens (tertiary/aromatic N) is 1. The molecule has 4 rings (SSSR count). The van der Waals surface area contributed by atoms with Gasteiger partial charge in [-0.2, -0.15) is 0 Å². The van der Waals surface area contributed by atoms with E-state index in [2.05, 4.69) is 0 Å². The van der Waals surface area contributed by atoms with Crippen LogP contribution in [0.4, 0.5) is 5.69 Å². The lowest BCUT2D eigenvalue weighted by Gasteiger charge is -2.26. The summed E-state index contributed by atoms with van der Waals surface area (Å²) in [5.74, 6) is -0.991. The maximum absolute atomic E-state index is 13.3. The molecular formula is C26H21Cl2NO5. The van der Waals surface area contributed by atoms with Gasteiger partial charge >= 0.3 is 0 Å². The number of benzene rings is 3. The Hall–Kier alpha value is -3.48. The van der Waals surface area contributed by atoms with E-state index in [9.17, 15) is 14.7 Å². The van der Waals surface area contributed by atoms with Crippen molar-refractivity contribution in [2.24, 2.45) is 0 Å². The summed E-state index contributed by atoms with van der Waals surface area (Å²) < 4.78 is 10.5. The van der Waals surface area contributed by atoms with Gasteiger partial charge < -0.3 is 14.6 Å². The Morgan fingerprint density at radius 1 is 0.912 bits per heavy atom. The van der Waals surface area contributed by atoms with Crippen molar-refractivity contribution in [3.63, 3.8) is 0 Å². The fourth-order valence-corrected chi connectivity index (χ4v) is 4.26. The smallest absolute Gasteiger partial charge is 0.300 e. The molecule has 6 nitrogen and oxygen atoms in total. The van der Waals surface area contributed by atoms with Gasteiger partial charge in [0.15, 0.2) is 0 Å². The zero-order valence-corrected chi connectivity index (χ0v) is 20.1. The molecule has 1 N–H and O–H groups in total. The number of anilines is 1. The molecule has 0 aromatic heterocycles. The van der Waals surface area contributed by atoms with E-state index in [0.29, 0.717) is 38.4 Å². The number of aliphatic hydroxyl groups is 1. The van der Waals surface area contributed by atoms with E-state index in [1.165, 1.54) is 18.1 Å².